The number of aromatic nitrogens is 2. The molecule has 3 heterocycles. The van der Waals surface area contributed by atoms with Crippen LogP contribution in [0.15, 0.2) is 48.0 Å². The molecule has 1 aliphatic rings. The van der Waals surface area contributed by atoms with Crippen molar-refractivity contribution in [3.05, 3.63) is 64.8 Å². The Morgan fingerprint density at radius 2 is 1.88 bits per heavy atom. The Balaban J connectivity index is 1.26. The number of rotatable bonds is 5. The number of carbonyl (C=O) groups is 1. The molecule has 2 aromatic heterocycles. The summed E-state index contributed by atoms with van der Waals surface area (Å²) in [5, 5.41) is 5.86. The smallest absolute Gasteiger partial charge is 0.356 e. The van der Waals surface area contributed by atoms with E-state index in [1.807, 2.05) is 41.5 Å². The Morgan fingerprint density at radius 3 is 2.50 bits per heavy atom. The zero-order chi connectivity index (χ0) is 22.7. The van der Waals surface area contributed by atoms with Gasteiger partial charge in [-0.05, 0) is 31.9 Å². The van der Waals surface area contributed by atoms with Crippen molar-refractivity contribution in [1.29, 1.82) is 0 Å². The van der Waals surface area contributed by atoms with E-state index in [9.17, 15) is 18.0 Å². The summed E-state index contributed by atoms with van der Waals surface area (Å²) < 4.78 is 38.1. The fourth-order valence-electron chi connectivity index (χ4n) is 3.65. The minimum Gasteiger partial charge on any atom is -0.356 e. The number of amides is 1. The highest BCUT2D eigenvalue weighted by Gasteiger charge is 2.31. The van der Waals surface area contributed by atoms with E-state index in [0.717, 1.165) is 28.5 Å². The van der Waals surface area contributed by atoms with Crippen LogP contribution in [0.3, 0.4) is 0 Å². The number of nitrogens with one attached hydrogen (secondary N) is 1. The monoisotopic (exact) mass is 460 g/mol. The Bertz CT molecular complexity index is 1060. The van der Waals surface area contributed by atoms with Crippen LogP contribution in [-0.4, -0.2) is 35.0 Å². The zero-order valence-corrected chi connectivity index (χ0v) is 18.3. The number of nitrogens with zero attached hydrogens (tertiary/aromatic N) is 3. The second-order valence-electron chi connectivity index (χ2n) is 7.92. The van der Waals surface area contributed by atoms with Crippen LogP contribution in [-0.2, 0) is 17.4 Å². The van der Waals surface area contributed by atoms with Gasteiger partial charge in [0.15, 0.2) is 0 Å². The molecule has 3 aromatic rings. The van der Waals surface area contributed by atoms with Crippen molar-refractivity contribution in [2.75, 3.05) is 18.0 Å². The van der Waals surface area contributed by atoms with Crippen LogP contribution in [0.1, 0.15) is 29.7 Å². The lowest BCUT2D eigenvalue weighted by Gasteiger charge is -2.33. The molecule has 1 saturated heterocycles. The molecule has 0 atom stereocenters. The molecule has 0 aliphatic carbocycles. The summed E-state index contributed by atoms with van der Waals surface area (Å²) in [6.07, 6.45) is -1.88. The molecule has 1 N–H and O–H groups in total. The number of alkyl halides is 3. The fraction of sp³-hybridized carbons (Fsp3) is 0.348. The number of pyridine rings is 1. The number of aryl methyl sites for hydroxylation is 1. The van der Waals surface area contributed by atoms with Gasteiger partial charge in [-0.2, -0.15) is 13.2 Å². The van der Waals surface area contributed by atoms with Crippen LogP contribution in [0, 0.1) is 6.92 Å². The van der Waals surface area contributed by atoms with Crippen molar-refractivity contribution in [2.24, 2.45) is 0 Å². The van der Waals surface area contributed by atoms with Crippen LogP contribution in [0.5, 0.6) is 0 Å². The van der Waals surface area contributed by atoms with Gasteiger partial charge >= 0.3 is 6.18 Å². The molecule has 0 saturated carbocycles. The minimum absolute atomic E-state index is 0.0309. The van der Waals surface area contributed by atoms with Crippen molar-refractivity contribution in [3.63, 3.8) is 0 Å². The quantitative estimate of drug-likeness (QED) is 0.591. The Morgan fingerprint density at radius 1 is 1.16 bits per heavy atom. The van der Waals surface area contributed by atoms with Crippen molar-refractivity contribution in [3.8, 4) is 10.6 Å². The summed E-state index contributed by atoms with van der Waals surface area (Å²) in [5.74, 6) is 0.450. The van der Waals surface area contributed by atoms with E-state index in [1.54, 1.807) is 0 Å². The second-order valence-corrected chi connectivity index (χ2v) is 8.78. The predicted octanol–water partition coefficient (Wildman–Crippen LogP) is 4.86. The van der Waals surface area contributed by atoms with E-state index in [2.05, 4.69) is 15.3 Å². The van der Waals surface area contributed by atoms with Gasteiger partial charge in [0, 0.05) is 36.3 Å². The van der Waals surface area contributed by atoms with Crippen molar-refractivity contribution < 1.29 is 18.0 Å². The number of thiazole rings is 1. The third-order valence-corrected chi connectivity index (χ3v) is 6.39. The van der Waals surface area contributed by atoms with Gasteiger partial charge in [-0.3, -0.25) is 4.79 Å². The molecular formula is C23H23F3N4OS. The van der Waals surface area contributed by atoms with E-state index in [4.69, 9.17) is 0 Å². The van der Waals surface area contributed by atoms with E-state index < -0.39 is 11.7 Å². The third-order valence-electron chi connectivity index (χ3n) is 5.45. The van der Waals surface area contributed by atoms with Gasteiger partial charge in [0.25, 0.3) is 0 Å². The second kappa shape index (κ2) is 9.28. The van der Waals surface area contributed by atoms with Crippen molar-refractivity contribution in [2.45, 2.75) is 38.4 Å². The standard InChI is InChI=1S/C23H23F3N4OS/c1-15-2-4-16(5-3-15)22-29-19(14-32-22)12-21(31)28-18-8-10-30(11-9-18)20-7-6-17(13-27-20)23(24,25)26/h2-7,13-14,18H,8-12H2,1H3,(H,28,31). The largest absolute Gasteiger partial charge is 0.417 e. The first-order valence-electron chi connectivity index (χ1n) is 10.4. The van der Waals surface area contributed by atoms with Gasteiger partial charge in [0.05, 0.1) is 17.7 Å². The predicted molar refractivity (Wildman–Crippen MR) is 119 cm³/mol. The fourth-order valence-corrected chi connectivity index (χ4v) is 4.48. The maximum atomic E-state index is 12.7. The highest BCUT2D eigenvalue weighted by molar-refractivity contribution is 7.13. The molecule has 1 aromatic carbocycles. The number of hydrogen-bond donors (Lipinski definition) is 1. The highest BCUT2D eigenvalue weighted by Crippen LogP contribution is 2.30. The summed E-state index contributed by atoms with van der Waals surface area (Å²) in [5.41, 5.74) is 2.21. The molecule has 5 nitrogen and oxygen atoms in total. The maximum Gasteiger partial charge on any atom is 0.417 e. The minimum atomic E-state index is -4.39. The van der Waals surface area contributed by atoms with E-state index in [0.29, 0.717) is 31.7 Å². The first kappa shape index (κ1) is 22.3. The molecule has 0 spiro atoms. The summed E-state index contributed by atoms with van der Waals surface area (Å²) in [4.78, 5) is 23.0. The first-order valence-corrected chi connectivity index (χ1v) is 11.2. The molecule has 168 valence electrons. The number of halogens is 3. The molecule has 4 rings (SSSR count). The highest BCUT2D eigenvalue weighted by atomic mass is 32.1. The molecule has 0 bridgehead atoms. The average Bonchev–Trinajstić information content (AvgIpc) is 3.22. The molecule has 0 radical (unpaired) electrons. The van der Waals surface area contributed by atoms with E-state index in [1.165, 1.54) is 23.0 Å². The Kier molecular flexibility index (Phi) is 6.45. The lowest BCUT2D eigenvalue weighted by molar-refractivity contribution is -0.137. The van der Waals surface area contributed by atoms with Crippen LogP contribution in [0.2, 0.25) is 0 Å². The Labute approximate surface area is 188 Å². The van der Waals surface area contributed by atoms with Gasteiger partial charge in [-0.15, -0.1) is 11.3 Å². The summed E-state index contributed by atoms with van der Waals surface area (Å²) in [6.45, 7) is 3.28. The van der Waals surface area contributed by atoms with E-state index >= 15 is 0 Å². The maximum absolute atomic E-state index is 12.7. The van der Waals surface area contributed by atoms with Gasteiger partial charge in [-0.25, -0.2) is 9.97 Å². The SMILES string of the molecule is Cc1ccc(-c2nc(CC(=O)NC3CCN(c4ccc(C(F)(F)F)cn4)CC3)cs2)cc1. The lowest BCUT2D eigenvalue weighted by Crippen LogP contribution is -2.45. The molecule has 1 aliphatic heterocycles. The number of piperidine rings is 1. The Hall–Kier alpha value is -2.94. The van der Waals surface area contributed by atoms with Crippen molar-refractivity contribution >= 4 is 23.1 Å². The molecule has 0 unspecified atom stereocenters. The number of hydrogen-bond acceptors (Lipinski definition) is 5. The first-order chi connectivity index (χ1) is 15.3. The molecule has 9 heteroatoms. The normalized spacial score (nSPS) is 15.1. The zero-order valence-electron chi connectivity index (χ0n) is 17.5. The lowest BCUT2D eigenvalue weighted by atomic mass is 10.0. The number of anilines is 1. The number of carbonyl (C=O) groups excluding carboxylic acids is 1. The van der Waals surface area contributed by atoms with Gasteiger partial charge in [-0.1, -0.05) is 29.8 Å². The summed E-state index contributed by atoms with van der Waals surface area (Å²) in [7, 11) is 0. The van der Waals surface area contributed by atoms with Crippen LogP contribution < -0.4 is 10.2 Å². The summed E-state index contributed by atoms with van der Waals surface area (Å²) in [6, 6.07) is 10.6. The van der Waals surface area contributed by atoms with Crippen molar-refractivity contribution in [1.82, 2.24) is 15.3 Å². The average molecular weight is 461 g/mol. The third kappa shape index (κ3) is 5.45. The molecular weight excluding hydrogens is 437 g/mol. The van der Waals surface area contributed by atoms with Gasteiger partial charge in [0.2, 0.25) is 5.91 Å². The molecule has 1 fully saturated rings. The van der Waals surface area contributed by atoms with Crippen LogP contribution in [0.4, 0.5) is 19.0 Å². The molecule has 32 heavy (non-hydrogen) atoms. The van der Waals surface area contributed by atoms with E-state index in [-0.39, 0.29) is 18.4 Å². The summed E-state index contributed by atoms with van der Waals surface area (Å²) >= 11 is 1.52. The van der Waals surface area contributed by atoms with Gasteiger partial charge in [0.1, 0.15) is 10.8 Å². The molecule has 1 amide bonds. The van der Waals surface area contributed by atoms with Gasteiger partial charge < -0.3 is 10.2 Å². The van der Waals surface area contributed by atoms with Crippen LogP contribution >= 0.6 is 11.3 Å². The topological polar surface area (TPSA) is 58.1 Å². The van der Waals surface area contributed by atoms with Crippen LogP contribution in [0.25, 0.3) is 10.6 Å². The number of benzene rings is 1.